The molecule has 6 heteroatoms. The number of likely N-dealkylation sites (tertiary alicyclic amines) is 1. The predicted molar refractivity (Wildman–Crippen MR) is 71.6 cm³/mol. The molecule has 0 aliphatic carbocycles. The molecule has 0 aromatic heterocycles. The number of rotatable bonds is 3. The van der Waals surface area contributed by atoms with E-state index in [1.807, 2.05) is 6.92 Å². The van der Waals surface area contributed by atoms with Gasteiger partial charge in [0.2, 0.25) is 11.8 Å². The van der Waals surface area contributed by atoms with Gasteiger partial charge in [0.1, 0.15) is 0 Å². The molecule has 2 rings (SSSR count). The van der Waals surface area contributed by atoms with Gasteiger partial charge in [-0.15, -0.1) is 12.4 Å². The van der Waals surface area contributed by atoms with Crippen molar-refractivity contribution in [2.45, 2.75) is 32.2 Å². The van der Waals surface area contributed by atoms with Crippen molar-refractivity contribution in [3.05, 3.63) is 0 Å². The Morgan fingerprint density at radius 3 is 2.67 bits per heavy atom. The summed E-state index contributed by atoms with van der Waals surface area (Å²) in [7, 11) is 0. The van der Waals surface area contributed by atoms with Crippen LogP contribution in [0, 0.1) is 5.92 Å². The fraction of sp³-hybridized carbons (Fsp3) is 0.833. The standard InChI is InChI=1S/C12H21N3O2.ClH/c1-2-15-8-9(7-11(15)16)12(17)14-10-3-5-13-6-4-10;/h9-10,13H,2-8H2,1H3,(H,14,17);1H. The molecule has 5 nitrogen and oxygen atoms in total. The Bertz CT molecular complexity index is 306. The monoisotopic (exact) mass is 275 g/mol. The zero-order valence-electron chi connectivity index (χ0n) is 10.8. The highest BCUT2D eigenvalue weighted by atomic mass is 35.5. The molecular weight excluding hydrogens is 254 g/mol. The van der Waals surface area contributed by atoms with Crippen LogP contribution in [0.15, 0.2) is 0 Å². The molecule has 0 spiro atoms. The van der Waals surface area contributed by atoms with E-state index in [1.54, 1.807) is 4.90 Å². The summed E-state index contributed by atoms with van der Waals surface area (Å²) >= 11 is 0. The van der Waals surface area contributed by atoms with Crippen LogP contribution < -0.4 is 10.6 Å². The Morgan fingerprint density at radius 2 is 2.11 bits per heavy atom. The molecule has 0 saturated carbocycles. The molecule has 2 heterocycles. The molecule has 2 N–H and O–H groups in total. The maximum absolute atomic E-state index is 12.0. The molecule has 1 unspecified atom stereocenters. The summed E-state index contributed by atoms with van der Waals surface area (Å²) in [4.78, 5) is 25.3. The van der Waals surface area contributed by atoms with Crippen LogP contribution in [-0.2, 0) is 9.59 Å². The van der Waals surface area contributed by atoms with Gasteiger partial charge < -0.3 is 15.5 Å². The molecule has 104 valence electrons. The van der Waals surface area contributed by atoms with E-state index in [2.05, 4.69) is 10.6 Å². The van der Waals surface area contributed by atoms with Crippen molar-refractivity contribution < 1.29 is 9.59 Å². The highest BCUT2D eigenvalue weighted by molar-refractivity contribution is 5.89. The van der Waals surface area contributed by atoms with Crippen molar-refractivity contribution in [2.75, 3.05) is 26.2 Å². The van der Waals surface area contributed by atoms with Crippen molar-refractivity contribution in [3.63, 3.8) is 0 Å². The van der Waals surface area contributed by atoms with E-state index in [-0.39, 0.29) is 36.2 Å². The number of hydrogen-bond acceptors (Lipinski definition) is 3. The number of carbonyl (C=O) groups excluding carboxylic acids is 2. The van der Waals surface area contributed by atoms with E-state index in [0.29, 0.717) is 19.5 Å². The first-order valence-corrected chi connectivity index (χ1v) is 6.49. The quantitative estimate of drug-likeness (QED) is 0.771. The Kier molecular flexibility index (Phi) is 5.88. The van der Waals surface area contributed by atoms with Crippen LogP contribution in [0.4, 0.5) is 0 Å². The van der Waals surface area contributed by atoms with Gasteiger partial charge >= 0.3 is 0 Å². The molecule has 2 aliphatic rings. The number of carbonyl (C=O) groups is 2. The lowest BCUT2D eigenvalue weighted by molar-refractivity contribution is -0.129. The molecule has 0 radical (unpaired) electrons. The third-order valence-corrected chi connectivity index (χ3v) is 3.65. The number of amides is 2. The minimum Gasteiger partial charge on any atom is -0.353 e. The minimum absolute atomic E-state index is 0. The van der Waals surface area contributed by atoms with E-state index in [4.69, 9.17) is 0 Å². The third-order valence-electron chi connectivity index (χ3n) is 3.65. The lowest BCUT2D eigenvalue weighted by Crippen LogP contribution is -2.45. The molecule has 2 amide bonds. The fourth-order valence-electron chi connectivity index (χ4n) is 2.54. The molecule has 18 heavy (non-hydrogen) atoms. The molecule has 0 aromatic rings. The van der Waals surface area contributed by atoms with Crippen LogP contribution in [0.3, 0.4) is 0 Å². The van der Waals surface area contributed by atoms with Crippen LogP contribution in [0.2, 0.25) is 0 Å². The van der Waals surface area contributed by atoms with Gasteiger partial charge in [0.15, 0.2) is 0 Å². The maximum atomic E-state index is 12.0. The number of nitrogens with one attached hydrogen (secondary N) is 2. The first kappa shape index (κ1) is 15.2. The summed E-state index contributed by atoms with van der Waals surface area (Å²) in [5.74, 6) is 0.0245. The minimum atomic E-state index is -0.141. The summed E-state index contributed by atoms with van der Waals surface area (Å²) in [5.41, 5.74) is 0. The van der Waals surface area contributed by atoms with Gasteiger partial charge in [-0.2, -0.15) is 0 Å². The molecule has 0 bridgehead atoms. The number of nitrogens with zero attached hydrogens (tertiary/aromatic N) is 1. The SMILES string of the molecule is CCN1CC(C(=O)NC2CCNCC2)CC1=O.Cl. The third kappa shape index (κ3) is 3.59. The number of halogens is 1. The van der Waals surface area contributed by atoms with Crippen molar-refractivity contribution >= 4 is 24.2 Å². The topological polar surface area (TPSA) is 61.4 Å². The van der Waals surface area contributed by atoms with Crippen molar-refractivity contribution in [3.8, 4) is 0 Å². The number of hydrogen-bond donors (Lipinski definition) is 2. The van der Waals surface area contributed by atoms with Crippen LogP contribution in [-0.4, -0.2) is 48.9 Å². The lowest BCUT2D eigenvalue weighted by Gasteiger charge is -2.25. The first-order chi connectivity index (χ1) is 8.20. The van der Waals surface area contributed by atoms with Gasteiger partial charge in [0, 0.05) is 25.6 Å². The van der Waals surface area contributed by atoms with E-state index in [9.17, 15) is 9.59 Å². The van der Waals surface area contributed by atoms with Crippen LogP contribution in [0.5, 0.6) is 0 Å². The molecule has 0 aromatic carbocycles. The van der Waals surface area contributed by atoms with E-state index >= 15 is 0 Å². The van der Waals surface area contributed by atoms with Gasteiger partial charge in [0.25, 0.3) is 0 Å². The second kappa shape index (κ2) is 6.95. The molecule has 2 aliphatic heterocycles. The van der Waals surface area contributed by atoms with Gasteiger partial charge in [0.05, 0.1) is 5.92 Å². The molecule has 2 saturated heterocycles. The highest BCUT2D eigenvalue weighted by Gasteiger charge is 2.34. The second-order valence-corrected chi connectivity index (χ2v) is 4.87. The Hall–Kier alpha value is -0.810. The van der Waals surface area contributed by atoms with Gasteiger partial charge in [-0.25, -0.2) is 0 Å². The zero-order valence-corrected chi connectivity index (χ0v) is 11.6. The molecule has 2 fully saturated rings. The van der Waals surface area contributed by atoms with E-state index in [1.165, 1.54) is 0 Å². The normalized spacial score (nSPS) is 24.8. The van der Waals surface area contributed by atoms with Crippen LogP contribution in [0.25, 0.3) is 0 Å². The van der Waals surface area contributed by atoms with Crippen molar-refractivity contribution in [1.29, 1.82) is 0 Å². The van der Waals surface area contributed by atoms with Crippen molar-refractivity contribution in [1.82, 2.24) is 15.5 Å². The first-order valence-electron chi connectivity index (χ1n) is 6.49. The summed E-state index contributed by atoms with van der Waals surface area (Å²) in [6.45, 7) is 5.18. The summed E-state index contributed by atoms with van der Waals surface area (Å²) < 4.78 is 0. The smallest absolute Gasteiger partial charge is 0.225 e. The van der Waals surface area contributed by atoms with Crippen LogP contribution in [0.1, 0.15) is 26.2 Å². The average Bonchev–Trinajstić information content (AvgIpc) is 2.72. The Labute approximate surface area is 114 Å². The number of piperidine rings is 1. The second-order valence-electron chi connectivity index (χ2n) is 4.87. The van der Waals surface area contributed by atoms with E-state index < -0.39 is 0 Å². The predicted octanol–water partition coefficient (Wildman–Crippen LogP) is 0.145. The summed E-state index contributed by atoms with van der Waals surface area (Å²) in [6, 6.07) is 0.287. The van der Waals surface area contributed by atoms with Gasteiger partial charge in [-0.3, -0.25) is 9.59 Å². The molecule has 1 atom stereocenters. The highest BCUT2D eigenvalue weighted by Crippen LogP contribution is 2.18. The average molecular weight is 276 g/mol. The zero-order chi connectivity index (χ0) is 12.3. The maximum Gasteiger partial charge on any atom is 0.225 e. The Balaban J connectivity index is 0.00000162. The lowest BCUT2D eigenvalue weighted by atomic mass is 10.0. The van der Waals surface area contributed by atoms with Crippen molar-refractivity contribution in [2.24, 2.45) is 5.92 Å². The van der Waals surface area contributed by atoms with Crippen LogP contribution >= 0.6 is 12.4 Å². The van der Waals surface area contributed by atoms with Gasteiger partial charge in [-0.1, -0.05) is 0 Å². The largest absolute Gasteiger partial charge is 0.353 e. The molecular formula is C12H22ClN3O2. The fourth-order valence-corrected chi connectivity index (χ4v) is 2.54. The summed E-state index contributed by atoms with van der Waals surface area (Å²) in [6.07, 6.45) is 2.36. The summed E-state index contributed by atoms with van der Waals surface area (Å²) in [5, 5.41) is 6.34. The van der Waals surface area contributed by atoms with E-state index in [0.717, 1.165) is 25.9 Å². The van der Waals surface area contributed by atoms with Gasteiger partial charge in [-0.05, 0) is 32.9 Å². The Morgan fingerprint density at radius 1 is 1.44 bits per heavy atom.